The van der Waals surface area contributed by atoms with E-state index in [-0.39, 0.29) is 5.56 Å². The van der Waals surface area contributed by atoms with Crippen LogP contribution in [-0.2, 0) is 0 Å². The molecule has 1 aliphatic heterocycles. The highest BCUT2D eigenvalue weighted by atomic mass is 16.5. The summed E-state index contributed by atoms with van der Waals surface area (Å²) < 4.78 is 5.99. The van der Waals surface area contributed by atoms with Crippen molar-refractivity contribution in [1.29, 1.82) is 0 Å². The zero-order valence-corrected chi connectivity index (χ0v) is 17.3. The number of benzene rings is 1. The molecule has 5 rings (SSSR count). The van der Waals surface area contributed by atoms with Gasteiger partial charge in [0.15, 0.2) is 0 Å². The Labute approximate surface area is 180 Å². The van der Waals surface area contributed by atoms with Gasteiger partial charge in [0.2, 0.25) is 0 Å². The summed E-state index contributed by atoms with van der Waals surface area (Å²) in [5.74, 6) is 0.832. The SMILES string of the molecule is O=c1[nH]nc(-c2ccncc2)cc1-c1cc2ccc(OCCN3CCCCC3)cc2[nH]1. The quantitative estimate of drug-likeness (QED) is 0.500. The van der Waals surface area contributed by atoms with Crippen LogP contribution in [-0.4, -0.2) is 51.3 Å². The smallest absolute Gasteiger partial charge is 0.273 e. The second kappa shape index (κ2) is 8.73. The average molecular weight is 415 g/mol. The van der Waals surface area contributed by atoms with Crippen LogP contribution in [0.2, 0.25) is 0 Å². The van der Waals surface area contributed by atoms with Crippen molar-refractivity contribution in [3.8, 4) is 28.3 Å². The van der Waals surface area contributed by atoms with Gasteiger partial charge in [0.25, 0.3) is 5.56 Å². The lowest BCUT2D eigenvalue weighted by Crippen LogP contribution is -2.33. The molecule has 1 fully saturated rings. The fourth-order valence-corrected chi connectivity index (χ4v) is 4.09. The molecule has 7 heteroatoms. The number of fused-ring (bicyclic) bond motifs is 1. The number of rotatable bonds is 6. The zero-order valence-electron chi connectivity index (χ0n) is 17.3. The molecule has 1 saturated heterocycles. The van der Waals surface area contributed by atoms with Crippen LogP contribution < -0.4 is 10.3 Å². The van der Waals surface area contributed by atoms with Gasteiger partial charge in [-0.05, 0) is 62.3 Å². The Hall–Kier alpha value is -3.45. The maximum absolute atomic E-state index is 12.5. The van der Waals surface area contributed by atoms with Gasteiger partial charge in [-0.15, -0.1) is 0 Å². The van der Waals surface area contributed by atoms with Crippen LogP contribution >= 0.6 is 0 Å². The van der Waals surface area contributed by atoms with Gasteiger partial charge in [-0.3, -0.25) is 14.7 Å². The molecule has 3 aromatic heterocycles. The first-order valence-corrected chi connectivity index (χ1v) is 10.7. The molecule has 4 aromatic rings. The number of nitrogens with zero attached hydrogens (tertiary/aromatic N) is 3. The third-order valence-corrected chi connectivity index (χ3v) is 5.79. The molecule has 4 heterocycles. The zero-order chi connectivity index (χ0) is 21.0. The number of pyridine rings is 1. The maximum atomic E-state index is 12.5. The second-order valence-corrected chi connectivity index (χ2v) is 7.91. The molecule has 0 aliphatic carbocycles. The molecule has 1 aliphatic rings. The first-order valence-electron chi connectivity index (χ1n) is 10.7. The van der Waals surface area contributed by atoms with Crippen LogP contribution in [0.5, 0.6) is 5.75 Å². The van der Waals surface area contributed by atoms with E-state index in [2.05, 4.69) is 25.1 Å². The monoisotopic (exact) mass is 415 g/mol. The van der Waals surface area contributed by atoms with Gasteiger partial charge in [0, 0.05) is 41.5 Å². The van der Waals surface area contributed by atoms with E-state index >= 15 is 0 Å². The van der Waals surface area contributed by atoms with Crippen molar-refractivity contribution in [1.82, 2.24) is 25.1 Å². The summed E-state index contributed by atoms with van der Waals surface area (Å²) in [7, 11) is 0. The number of H-pyrrole nitrogens is 2. The summed E-state index contributed by atoms with van der Waals surface area (Å²) >= 11 is 0. The highest BCUT2D eigenvalue weighted by Gasteiger charge is 2.12. The van der Waals surface area contributed by atoms with Crippen molar-refractivity contribution < 1.29 is 4.74 Å². The van der Waals surface area contributed by atoms with E-state index < -0.39 is 0 Å². The molecule has 158 valence electrons. The Bertz CT molecular complexity index is 1230. The summed E-state index contributed by atoms with van der Waals surface area (Å²) in [5.41, 5.74) is 3.59. The summed E-state index contributed by atoms with van der Waals surface area (Å²) in [5, 5.41) is 7.80. The number of ether oxygens (including phenoxy) is 1. The molecule has 2 N–H and O–H groups in total. The van der Waals surface area contributed by atoms with Crippen molar-refractivity contribution in [2.45, 2.75) is 19.3 Å². The normalized spacial score (nSPS) is 14.7. The molecule has 1 aromatic carbocycles. The number of hydrogen-bond donors (Lipinski definition) is 2. The Morgan fingerprint density at radius 3 is 2.68 bits per heavy atom. The third kappa shape index (κ3) is 4.36. The van der Waals surface area contributed by atoms with Crippen LogP contribution in [0.4, 0.5) is 0 Å². The number of nitrogens with one attached hydrogen (secondary N) is 2. The molecule has 0 unspecified atom stereocenters. The van der Waals surface area contributed by atoms with Gasteiger partial charge in [0.05, 0.1) is 17.0 Å². The summed E-state index contributed by atoms with van der Waals surface area (Å²) in [4.78, 5) is 22.3. The molecular weight excluding hydrogens is 390 g/mol. The van der Waals surface area contributed by atoms with Gasteiger partial charge in [0.1, 0.15) is 12.4 Å². The lowest BCUT2D eigenvalue weighted by atomic mass is 10.1. The van der Waals surface area contributed by atoms with Crippen LogP contribution in [0.15, 0.2) is 59.7 Å². The first kappa shape index (κ1) is 19.5. The molecule has 0 amide bonds. The standard InChI is InChI=1S/C24H25N5O2/c30-24-20(16-22(27-28-24)17-6-8-25-9-7-17)23-14-18-4-5-19(15-21(18)26-23)31-13-12-29-10-2-1-3-11-29/h4-9,14-16,26H,1-3,10-13H2,(H,28,30). The topological polar surface area (TPSA) is 86.9 Å². The van der Waals surface area contributed by atoms with E-state index in [1.54, 1.807) is 18.5 Å². The first-order chi connectivity index (χ1) is 15.3. The van der Waals surface area contributed by atoms with Crippen molar-refractivity contribution >= 4 is 10.9 Å². The minimum absolute atomic E-state index is 0.234. The Morgan fingerprint density at radius 2 is 1.84 bits per heavy atom. The molecule has 0 saturated carbocycles. The molecule has 0 bridgehead atoms. The number of likely N-dealkylation sites (tertiary alicyclic amines) is 1. The van der Waals surface area contributed by atoms with Crippen LogP contribution in [0.3, 0.4) is 0 Å². The molecule has 0 spiro atoms. The molecule has 0 radical (unpaired) electrons. The molecule has 31 heavy (non-hydrogen) atoms. The fourth-order valence-electron chi connectivity index (χ4n) is 4.09. The van der Waals surface area contributed by atoms with E-state index in [1.807, 2.05) is 36.4 Å². The highest BCUT2D eigenvalue weighted by Crippen LogP contribution is 2.27. The Kier molecular flexibility index (Phi) is 5.50. The van der Waals surface area contributed by atoms with Crippen molar-refractivity contribution in [2.24, 2.45) is 0 Å². The van der Waals surface area contributed by atoms with Gasteiger partial charge in [-0.1, -0.05) is 6.42 Å². The molecule has 7 nitrogen and oxygen atoms in total. The largest absolute Gasteiger partial charge is 0.492 e. The van der Waals surface area contributed by atoms with Crippen LogP contribution in [0.1, 0.15) is 19.3 Å². The molecular formula is C24H25N5O2. The summed E-state index contributed by atoms with van der Waals surface area (Å²) in [6.07, 6.45) is 7.32. The van der Waals surface area contributed by atoms with Gasteiger partial charge in [-0.25, -0.2) is 5.10 Å². The Morgan fingerprint density at radius 1 is 1.00 bits per heavy atom. The van der Waals surface area contributed by atoms with Gasteiger partial charge < -0.3 is 9.72 Å². The van der Waals surface area contributed by atoms with Crippen molar-refractivity contribution in [3.05, 3.63) is 65.2 Å². The summed E-state index contributed by atoms with van der Waals surface area (Å²) in [6.45, 7) is 3.98. The summed E-state index contributed by atoms with van der Waals surface area (Å²) in [6, 6.07) is 13.5. The van der Waals surface area contributed by atoms with E-state index in [4.69, 9.17) is 4.74 Å². The van der Waals surface area contributed by atoms with Crippen LogP contribution in [0.25, 0.3) is 33.4 Å². The number of aromatic amines is 2. The minimum atomic E-state index is -0.234. The van der Waals surface area contributed by atoms with E-state index in [0.29, 0.717) is 17.9 Å². The minimum Gasteiger partial charge on any atom is -0.492 e. The number of hydrogen-bond acceptors (Lipinski definition) is 5. The predicted octanol–water partition coefficient (Wildman–Crippen LogP) is 3.84. The molecule has 0 atom stereocenters. The van der Waals surface area contributed by atoms with Gasteiger partial charge >= 0.3 is 0 Å². The Balaban J connectivity index is 1.36. The maximum Gasteiger partial charge on any atom is 0.273 e. The highest BCUT2D eigenvalue weighted by molar-refractivity contribution is 5.87. The number of aromatic nitrogens is 4. The van der Waals surface area contributed by atoms with Crippen LogP contribution in [0, 0.1) is 0 Å². The van der Waals surface area contributed by atoms with E-state index in [9.17, 15) is 4.79 Å². The third-order valence-electron chi connectivity index (χ3n) is 5.79. The lowest BCUT2D eigenvalue weighted by molar-refractivity contribution is 0.183. The fraction of sp³-hybridized carbons (Fsp3) is 0.292. The van der Waals surface area contributed by atoms with Crippen molar-refractivity contribution in [3.63, 3.8) is 0 Å². The predicted molar refractivity (Wildman–Crippen MR) is 121 cm³/mol. The van der Waals surface area contributed by atoms with Crippen molar-refractivity contribution in [2.75, 3.05) is 26.2 Å². The van der Waals surface area contributed by atoms with E-state index in [1.165, 1.54) is 32.4 Å². The second-order valence-electron chi connectivity index (χ2n) is 7.91. The average Bonchev–Trinajstić information content (AvgIpc) is 3.24. The number of piperidine rings is 1. The lowest BCUT2D eigenvalue weighted by Gasteiger charge is -2.26. The van der Waals surface area contributed by atoms with Gasteiger partial charge in [-0.2, -0.15) is 5.10 Å². The van der Waals surface area contributed by atoms with E-state index in [0.717, 1.165) is 34.5 Å².